The summed E-state index contributed by atoms with van der Waals surface area (Å²) in [4.78, 5) is 0. The Labute approximate surface area is 120 Å². The van der Waals surface area contributed by atoms with Gasteiger partial charge in [-0.05, 0) is 44.3 Å². The van der Waals surface area contributed by atoms with E-state index in [0.717, 1.165) is 25.9 Å². The van der Waals surface area contributed by atoms with Crippen LogP contribution in [0.2, 0.25) is 18.1 Å². The number of allylic oxidation sites excluding steroid dienone is 3. The van der Waals surface area contributed by atoms with Gasteiger partial charge in [-0.25, -0.2) is 0 Å². The van der Waals surface area contributed by atoms with Gasteiger partial charge in [0.05, 0.1) is 0 Å². The molecule has 19 heavy (non-hydrogen) atoms. The fourth-order valence-corrected chi connectivity index (χ4v) is 2.47. The molecule has 0 heterocycles. The van der Waals surface area contributed by atoms with E-state index in [1.165, 1.54) is 5.57 Å². The molecular weight excluding hydrogens is 252 g/mol. The molecule has 1 N–H and O–H groups in total. The van der Waals surface area contributed by atoms with Crippen LogP contribution in [0.1, 0.15) is 47.0 Å². The molecule has 0 saturated heterocycles. The zero-order chi connectivity index (χ0) is 14.9. The Balaban J connectivity index is 3.92. The molecule has 112 valence electrons. The molecule has 0 aromatic carbocycles. The van der Waals surface area contributed by atoms with Crippen molar-refractivity contribution in [3.8, 4) is 0 Å². The first-order chi connectivity index (χ1) is 8.70. The lowest BCUT2D eigenvalue weighted by Crippen LogP contribution is -2.40. The Bertz CT molecular complexity index is 298. The molecule has 0 aliphatic rings. The molecule has 0 aromatic rings. The van der Waals surface area contributed by atoms with Crippen molar-refractivity contribution in [1.82, 2.24) is 0 Å². The zero-order valence-electron chi connectivity index (χ0n) is 13.6. The average molecular weight is 285 g/mol. The highest BCUT2D eigenvalue weighted by Crippen LogP contribution is 2.36. The van der Waals surface area contributed by atoms with Gasteiger partial charge in [0.15, 0.2) is 8.32 Å². The van der Waals surface area contributed by atoms with Gasteiger partial charge < -0.3 is 9.53 Å². The molecule has 0 unspecified atom stereocenters. The van der Waals surface area contributed by atoms with Crippen LogP contribution in [0.3, 0.4) is 0 Å². The van der Waals surface area contributed by atoms with Crippen molar-refractivity contribution in [3.05, 3.63) is 23.8 Å². The molecule has 0 amide bonds. The minimum Gasteiger partial charge on any atom is -0.417 e. The van der Waals surface area contributed by atoms with E-state index in [4.69, 9.17) is 9.53 Å². The summed E-state index contributed by atoms with van der Waals surface area (Å²) in [6.45, 7) is 14.7. The van der Waals surface area contributed by atoms with E-state index >= 15 is 0 Å². The van der Waals surface area contributed by atoms with Gasteiger partial charge in [-0.3, -0.25) is 0 Å². The maximum Gasteiger partial charge on any atom is 0.191 e. The predicted octanol–water partition coefficient (Wildman–Crippen LogP) is 4.67. The van der Waals surface area contributed by atoms with Crippen LogP contribution < -0.4 is 0 Å². The topological polar surface area (TPSA) is 29.5 Å². The van der Waals surface area contributed by atoms with Gasteiger partial charge in [-0.1, -0.05) is 44.6 Å². The molecule has 0 spiro atoms. The van der Waals surface area contributed by atoms with Crippen LogP contribution in [-0.2, 0) is 4.43 Å². The van der Waals surface area contributed by atoms with Gasteiger partial charge in [0, 0.05) is 13.2 Å². The fraction of sp³-hybridized carbons (Fsp3) is 0.750. The summed E-state index contributed by atoms with van der Waals surface area (Å²) in [5.74, 6) is 0. The van der Waals surface area contributed by atoms with Gasteiger partial charge in [0.2, 0.25) is 0 Å². The summed E-state index contributed by atoms with van der Waals surface area (Å²) in [6.07, 6.45) is 9.05. The molecule has 2 nitrogen and oxygen atoms in total. The second-order valence-electron chi connectivity index (χ2n) is 6.67. The zero-order valence-corrected chi connectivity index (χ0v) is 14.6. The lowest BCUT2D eigenvalue weighted by molar-refractivity contribution is 0.282. The number of hydrogen-bond acceptors (Lipinski definition) is 2. The summed E-state index contributed by atoms with van der Waals surface area (Å²) in [7, 11) is -1.57. The monoisotopic (exact) mass is 284 g/mol. The summed E-state index contributed by atoms with van der Waals surface area (Å²) in [6, 6.07) is 0. The average Bonchev–Trinajstić information content (AvgIpc) is 2.29. The molecule has 0 bridgehead atoms. The lowest BCUT2D eigenvalue weighted by Gasteiger charge is -2.36. The molecule has 0 atom stereocenters. The minimum absolute atomic E-state index is 0.226. The molecule has 0 aliphatic heterocycles. The van der Waals surface area contributed by atoms with Crippen molar-refractivity contribution >= 4 is 8.32 Å². The van der Waals surface area contributed by atoms with Crippen molar-refractivity contribution < 1.29 is 9.53 Å². The SMILES string of the molecule is C/C(=C\C=C\CCO)CCCO[Si](C)(C)C(C)(C)C. The predicted molar refractivity (Wildman–Crippen MR) is 87.0 cm³/mol. The first kappa shape index (κ1) is 18.6. The molecule has 3 heteroatoms. The number of aliphatic hydroxyl groups is 1. The molecule has 0 rings (SSSR count). The smallest absolute Gasteiger partial charge is 0.191 e. The minimum atomic E-state index is -1.57. The van der Waals surface area contributed by atoms with Crippen LogP contribution >= 0.6 is 0 Å². The lowest BCUT2D eigenvalue weighted by atomic mass is 10.1. The third-order valence-electron chi connectivity index (χ3n) is 3.80. The van der Waals surface area contributed by atoms with Gasteiger partial charge >= 0.3 is 0 Å². The molecular formula is C16H32O2Si. The molecule has 0 fully saturated rings. The van der Waals surface area contributed by atoms with Gasteiger partial charge in [-0.15, -0.1) is 0 Å². The fourth-order valence-electron chi connectivity index (χ4n) is 1.38. The highest BCUT2D eigenvalue weighted by molar-refractivity contribution is 6.74. The molecule has 0 radical (unpaired) electrons. The largest absolute Gasteiger partial charge is 0.417 e. The number of aliphatic hydroxyl groups excluding tert-OH is 1. The first-order valence-electron chi connectivity index (χ1n) is 7.28. The van der Waals surface area contributed by atoms with Crippen LogP contribution in [0.4, 0.5) is 0 Å². The Hall–Kier alpha value is -0.383. The van der Waals surface area contributed by atoms with E-state index in [9.17, 15) is 0 Å². The highest BCUT2D eigenvalue weighted by Gasteiger charge is 2.36. The van der Waals surface area contributed by atoms with Crippen molar-refractivity contribution in [2.75, 3.05) is 13.2 Å². The quantitative estimate of drug-likeness (QED) is 0.398. The van der Waals surface area contributed by atoms with Crippen LogP contribution in [0, 0.1) is 0 Å². The number of hydrogen-bond donors (Lipinski definition) is 1. The van der Waals surface area contributed by atoms with Gasteiger partial charge in [0.25, 0.3) is 0 Å². The van der Waals surface area contributed by atoms with Gasteiger partial charge in [0.1, 0.15) is 0 Å². The Morgan fingerprint density at radius 1 is 1.26 bits per heavy atom. The Morgan fingerprint density at radius 3 is 2.42 bits per heavy atom. The molecule has 0 saturated carbocycles. The second kappa shape index (κ2) is 8.72. The van der Waals surface area contributed by atoms with E-state index in [2.05, 4.69) is 46.9 Å². The summed E-state index contributed by atoms with van der Waals surface area (Å²) in [5, 5.41) is 8.96. The van der Waals surface area contributed by atoms with Crippen LogP contribution in [0.25, 0.3) is 0 Å². The Morgan fingerprint density at radius 2 is 1.89 bits per heavy atom. The van der Waals surface area contributed by atoms with Crippen LogP contribution in [0.5, 0.6) is 0 Å². The van der Waals surface area contributed by atoms with Crippen LogP contribution in [-0.4, -0.2) is 26.6 Å². The molecule has 0 aliphatic carbocycles. The number of rotatable bonds is 8. The molecule has 0 aromatic heterocycles. The van der Waals surface area contributed by atoms with Crippen molar-refractivity contribution in [2.45, 2.75) is 65.1 Å². The Kier molecular flexibility index (Phi) is 8.55. The van der Waals surface area contributed by atoms with E-state index in [-0.39, 0.29) is 6.61 Å². The maximum absolute atomic E-state index is 8.66. The van der Waals surface area contributed by atoms with Crippen molar-refractivity contribution in [3.63, 3.8) is 0 Å². The second-order valence-corrected chi connectivity index (χ2v) is 11.5. The third kappa shape index (κ3) is 8.40. The summed E-state index contributed by atoms with van der Waals surface area (Å²) in [5.41, 5.74) is 1.37. The van der Waals surface area contributed by atoms with Crippen molar-refractivity contribution in [1.29, 1.82) is 0 Å². The van der Waals surface area contributed by atoms with Crippen LogP contribution in [0.15, 0.2) is 23.8 Å². The maximum atomic E-state index is 8.66. The van der Waals surface area contributed by atoms with E-state index in [0.29, 0.717) is 5.04 Å². The van der Waals surface area contributed by atoms with Gasteiger partial charge in [-0.2, -0.15) is 0 Å². The van der Waals surface area contributed by atoms with E-state index < -0.39 is 8.32 Å². The third-order valence-corrected chi connectivity index (χ3v) is 8.34. The van der Waals surface area contributed by atoms with Crippen molar-refractivity contribution in [2.24, 2.45) is 0 Å². The van der Waals surface area contributed by atoms with E-state index in [1.807, 2.05) is 12.2 Å². The first-order valence-corrected chi connectivity index (χ1v) is 10.2. The standard InChI is InChI=1S/C16H32O2Si/c1-15(11-8-7-9-13-17)12-10-14-18-19(5,6)16(2,3)4/h7-8,11,17H,9-10,12-14H2,1-6H3/b8-7+,15-11+. The normalized spacial score (nSPS) is 14.4. The highest BCUT2D eigenvalue weighted by atomic mass is 28.4. The summed E-state index contributed by atoms with van der Waals surface area (Å²) < 4.78 is 6.15. The van der Waals surface area contributed by atoms with E-state index in [1.54, 1.807) is 0 Å². The summed E-state index contributed by atoms with van der Waals surface area (Å²) >= 11 is 0.